The first-order valence-corrected chi connectivity index (χ1v) is 11.1. The topological polar surface area (TPSA) is 50.5 Å². The number of rotatable bonds is 7. The average molecular weight is 376 g/mol. The van der Waals surface area contributed by atoms with E-state index in [2.05, 4.69) is 18.7 Å². The zero-order chi connectivity index (χ0) is 18.6. The Balaban J connectivity index is 1.85. The molecule has 1 aliphatic rings. The fourth-order valence-electron chi connectivity index (χ4n) is 3.80. The van der Waals surface area contributed by atoms with Crippen molar-refractivity contribution in [2.45, 2.75) is 55.7 Å². The van der Waals surface area contributed by atoms with Crippen LogP contribution >= 0.6 is 0 Å². The first kappa shape index (κ1) is 19.2. The second-order valence-corrected chi connectivity index (χ2v) is 9.74. The van der Waals surface area contributed by atoms with Gasteiger partial charge in [0.2, 0.25) is 0 Å². The van der Waals surface area contributed by atoms with E-state index in [1.54, 1.807) is 30.5 Å². The van der Waals surface area contributed by atoms with E-state index in [4.69, 9.17) is 4.42 Å². The van der Waals surface area contributed by atoms with Crippen molar-refractivity contribution in [3.63, 3.8) is 0 Å². The molecule has 0 bridgehead atoms. The number of furan rings is 1. The molecule has 1 fully saturated rings. The summed E-state index contributed by atoms with van der Waals surface area (Å²) in [7, 11) is -3.39. The Morgan fingerprint density at radius 2 is 1.88 bits per heavy atom. The van der Waals surface area contributed by atoms with Crippen LogP contribution in [0.4, 0.5) is 0 Å². The van der Waals surface area contributed by atoms with Crippen LogP contribution in [0.5, 0.6) is 0 Å². The number of hydrogen-bond acceptors (Lipinski definition) is 4. The third-order valence-electron chi connectivity index (χ3n) is 5.23. The number of benzene rings is 1. The molecule has 26 heavy (non-hydrogen) atoms. The van der Waals surface area contributed by atoms with Crippen molar-refractivity contribution in [2.75, 3.05) is 13.1 Å². The maximum atomic E-state index is 13.4. The van der Waals surface area contributed by atoms with Gasteiger partial charge in [-0.15, -0.1) is 0 Å². The van der Waals surface area contributed by atoms with Crippen molar-refractivity contribution in [3.8, 4) is 0 Å². The quantitative estimate of drug-likeness (QED) is 0.704. The van der Waals surface area contributed by atoms with Gasteiger partial charge < -0.3 is 4.42 Å². The highest BCUT2D eigenvalue weighted by atomic mass is 32.2. The van der Waals surface area contributed by atoms with Crippen LogP contribution in [0.15, 0.2) is 58.0 Å². The van der Waals surface area contributed by atoms with Crippen LogP contribution in [0.3, 0.4) is 0 Å². The lowest BCUT2D eigenvalue weighted by molar-refractivity contribution is 0.168. The Hall–Kier alpha value is -1.59. The van der Waals surface area contributed by atoms with Crippen molar-refractivity contribution in [2.24, 2.45) is 5.92 Å². The fraction of sp³-hybridized carbons (Fsp3) is 0.524. The summed E-state index contributed by atoms with van der Waals surface area (Å²) in [6.45, 7) is 5.86. The molecular weight excluding hydrogens is 346 g/mol. The molecule has 0 amide bonds. The number of likely N-dealkylation sites (tertiary alicyclic amines) is 1. The van der Waals surface area contributed by atoms with Crippen LogP contribution in [0.2, 0.25) is 0 Å². The summed E-state index contributed by atoms with van der Waals surface area (Å²) in [5.74, 6) is 1.72. The molecule has 2 heterocycles. The maximum Gasteiger partial charge on any atom is 0.194 e. The van der Waals surface area contributed by atoms with Gasteiger partial charge in [-0.1, -0.05) is 32.0 Å². The predicted octanol–water partition coefficient (Wildman–Crippen LogP) is 4.70. The van der Waals surface area contributed by atoms with Crippen LogP contribution < -0.4 is 0 Å². The van der Waals surface area contributed by atoms with Crippen molar-refractivity contribution < 1.29 is 12.8 Å². The highest BCUT2D eigenvalue weighted by molar-refractivity contribution is 7.92. The summed E-state index contributed by atoms with van der Waals surface area (Å²) < 4.78 is 32.3. The lowest BCUT2D eigenvalue weighted by Gasteiger charge is -2.37. The van der Waals surface area contributed by atoms with Gasteiger partial charge in [-0.3, -0.25) is 4.90 Å². The first-order chi connectivity index (χ1) is 12.5. The normalized spacial score (nSPS) is 20.3. The van der Waals surface area contributed by atoms with Gasteiger partial charge in [-0.05, 0) is 62.4 Å². The summed E-state index contributed by atoms with van der Waals surface area (Å²) >= 11 is 0. The van der Waals surface area contributed by atoms with Crippen LogP contribution in [0.25, 0.3) is 0 Å². The van der Waals surface area contributed by atoms with Crippen molar-refractivity contribution in [1.29, 1.82) is 0 Å². The lowest BCUT2D eigenvalue weighted by atomic mass is 9.95. The highest BCUT2D eigenvalue weighted by Crippen LogP contribution is 2.32. The van der Waals surface area contributed by atoms with E-state index in [1.165, 1.54) is 0 Å². The third-order valence-corrected chi connectivity index (χ3v) is 7.41. The van der Waals surface area contributed by atoms with E-state index < -0.39 is 15.2 Å². The number of sulfone groups is 1. The van der Waals surface area contributed by atoms with Crippen LogP contribution in [0.1, 0.15) is 51.2 Å². The van der Waals surface area contributed by atoms with Gasteiger partial charge in [0, 0.05) is 12.5 Å². The van der Waals surface area contributed by atoms with E-state index in [1.807, 2.05) is 18.2 Å². The maximum absolute atomic E-state index is 13.4. The van der Waals surface area contributed by atoms with Gasteiger partial charge in [-0.2, -0.15) is 0 Å². The van der Waals surface area contributed by atoms with Crippen molar-refractivity contribution >= 4 is 9.84 Å². The molecular formula is C21H29NO3S. The van der Waals surface area contributed by atoms with Gasteiger partial charge in [-0.25, -0.2) is 8.42 Å². The molecule has 0 N–H and O–H groups in total. The minimum atomic E-state index is -3.39. The molecule has 0 radical (unpaired) electrons. The molecule has 3 rings (SSSR count). The minimum absolute atomic E-state index is 0.270. The molecule has 5 heteroatoms. The number of hydrogen-bond donors (Lipinski definition) is 0. The second-order valence-electron chi connectivity index (χ2n) is 7.63. The summed E-state index contributed by atoms with van der Waals surface area (Å²) in [6.07, 6.45) is 5.31. The minimum Gasteiger partial charge on any atom is -0.469 e. The Morgan fingerprint density at radius 1 is 1.12 bits per heavy atom. The summed E-state index contributed by atoms with van der Waals surface area (Å²) in [6, 6.07) is 12.8. The molecule has 2 unspecified atom stereocenters. The SMILES string of the molecule is CC(C)CCC(N1CCCC(c2ccco2)C1)S(=O)(=O)c1ccccc1. The van der Waals surface area contributed by atoms with Crippen molar-refractivity contribution in [3.05, 3.63) is 54.5 Å². The molecule has 1 aromatic carbocycles. The molecule has 0 saturated carbocycles. The summed E-state index contributed by atoms with van der Waals surface area (Å²) in [5, 5.41) is -0.468. The molecule has 2 atom stereocenters. The number of nitrogens with zero attached hydrogens (tertiary/aromatic N) is 1. The smallest absolute Gasteiger partial charge is 0.194 e. The molecule has 2 aromatic rings. The average Bonchev–Trinajstić information content (AvgIpc) is 3.17. The molecule has 142 valence electrons. The summed E-state index contributed by atoms with van der Waals surface area (Å²) in [5.41, 5.74) is 0. The largest absolute Gasteiger partial charge is 0.469 e. The van der Waals surface area contributed by atoms with Gasteiger partial charge in [0.25, 0.3) is 0 Å². The van der Waals surface area contributed by atoms with Gasteiger partial charge in [0.15, 0.2) is 9.84 Å². The van der Waals surface area contributed by atoms with E-state index in [9.17, 15) is 8.42 Å². The number of piperidine rings is 1. The van der Waals surface area contributed by atoms with Gasteiger partial charge in [0.05, 0.1) is 11.2 Å². The molecule has 0 aliphatic carbocycles. The fourth-order valence-corrected chi connectivity index (χ4v) is 5.68. The highest BCUT2D eigenvalue weighted by Gasteiger charge is 2.36. The standard InChI is InChI=1S/C21H29NO3S/c1-17(2)12-13-21(26(23,24)19-9-4-3-5-10-19)22-14-6-8-18(16-22)20-11-7-15-25-20/h3-5,7,9-11,15,17-18,21H,6,8,12-14,16H2,1-2H3. The second kappa shape index (κ2) is 8.40. The molecule has 0 spiro atoms. The van der Waals surface area contributed by atoms with E-state index in [-0.39, 0.29) is 5.92 Å². The molecule has 1 aliphatic heterocycles. The first-order valence-electron chi connectivity index (χ1n) is 9.55. The van der Waals surface area contributed by atoms with Gasteiger partial charge in [0.1, 0.15) is 11.1 Å². The van der Waals surface area contributed by atoms with Crippen LogP contribution in [0, 0.1) is 5.92 Å². The van der Waals surface area contributed by atoms with Gasteiger partial charge >= 0.3 is 0 Å². The Kier molecular flexibility index (Phi) is 6.20. The monoisotopic (exact) mass is 375 g/mol. The zero-order valence-electron chi connectivity index (χ0n) is 15.7. The third kappa shape index (κ3) is 4.38. The predicted molar refractivity (Wildman–Crippen MR) is 104 cm³/mol. The van der Waals surface area contributed by atoms with Crippen LogP contribution in [-0.2, 0) is 9.84 Å². The summed E-state index contributed by atoms with van der Waals surface area (Å²) in [4.78, 5) is 2.59. The van der Waals surface area contributed by atoms with E-state index in [0.29, 0.717) is 17.2 Å². The Labute approximate surface area is 157 Å². The lowest BCUT2D eigenvalue weighted by Crippen LogP contribution is -2.46. The van der Waals surface area contributed by atoms with E-state index in [0.717, 1.165) is 38.1 Å². The molecule has 4 nitrogen and oxygen atoms in total. The zero-order valence-corrected chi connectivity index (χ0v) is 16.5. The van der Waals surface area contributed by atoms with E-state index >= 15 is 0 Å². The van der Waals surface area contributed by atoms with Crippen molar-refractivity contribution in [1.82, 2.24) is 4.90 Å². The van der Waals surface area contributed by atoms with Crippen LogP contribution in [-0.4, -0.2) is 31.8 Å². The Morgan fingerprint density at radius 3 is 2.54 bits per heavy atom. The molecule has 1 aromatic heterocycles. The Bertz CT molecular complexity index is 769. The molecule has 1 saturated heterocycles.